The standard InChI is InChI=1S/C25H23N5O4S2/c1-16-6-10-18(11-7-16)35(31,32)23-22-25(29-21-5-3-2-4-20(21)28-22)30(24(23)26)15-14-17-8-12-19(13-9-17)36(27,33)34/h2-13H,14-15,26H2,1H3,(H2,27,33,34). The summed E-state index contributed by atoms with van der Waals surface area (Å²) in [6, 6.07) is 20.0. The Morgan fingerprint density at radius 2 is 1.39 bits per heavy atom. The lowest BCUT2D eigenvalue weighted by atomic mass is 10.1. The second-order valence-corrected chi connectivity index (χ2v) is 12.0. The number of nitrogens with zero attached hydrogens (tertiary/aromatic N) is 3. The van der Waals surface area contributed by atoms with Crippen LogP contribution in [0.4, 0.5) is 5.82 Å². The normalized spacial score (nSPS) is 12.4. The second kappa shape index (κ2) is 8.70. The molecule has 0 aliphatic carbocycles. The highest BCUT2D eigenvalue weighted by Crippen LogP contribution is 2.35. The molecule has 0 saturated heterocycles. The summed E-state index contributed by atoms with van der Waals surface area (Å²) in [5, 5.41) is 5.18. The number of aryl methyl sites for hydroxylation is 3. The molecular formula is C25H23N5O4S2. The molecule has 2 heterocycles. The monoisotopic (exact) mass is 521 g/mol. The molecular weight excluding hydrogens is 498 g/mol. The van der Waals surface area contributed by atoms with Crippen molar-refractivity contribution >= 4 is 47.9 Å². The Morgan fingerprint density at radius 1 is 0.806 bits per heavy atom. The average molecular weight is 522 g/mol. The van der Waals surface area contributed by atoms with E-state index in [0.717, 1.165) is 11.1 Å². The highest BCUT2D eigenvalue weighted by molar-refractivity contribution is 7.92. The van der Waals surface area contributed by atoms with Crippen molar-refractivity contribution in [2.45, 2.75) is 34.6 Å². The predicted octanol–water partition coefficient (Wildman–Crippen LogP) is 3.20. The van der Waals surface area contributed by atoms with Crippen molar-refractivity contribution < 1.29 is 16.8 Å². The number of primary sulfonamides is 1. The van der Waals surface area contributed by atoms with Crippen LogP contribution in [0.15, 0.2) is 87.5 Å². The highest BCUT2D eigenvalue weighted by Gasteiger charge is 2.30. The lowest BCUT2D eigenvalue weighted by molar-refractivity contribution is 0.595. The number of para-hydroxylation sites is 2. The van der Waals surface area contributed by atoms with Crippen molar-refractivity contribution in [1.82, 2.24) is 14.5 Å². The van der Waals surface area contributed by atoms with E-state index >= 15 is 0 Å². The van der Waals surface area contributed by atoms with Crippen molar-refractivity contribution in [3.05, 3.63) is 83.9 Å². The third-order valence-electron chi connectivity index (χ3n) is 6.02. The minimum absolute atomic E-state index is 0.0148. The van der Waals surface area contributed by atoms with E-state index in [4.69, 9.17) is 15.9 Å². The van der Waals surface area contributed by atoms with Crippen LogP contribution in [0, 0.1) is 6.92 Å². The zero-order valence-corrected chi connectivity index (χ0v) is 20.9. The van der Waals surface area contributed by atoms with Gasteiger partial charge in [-0.2, -0.15) is 0 Å². The highest BCUT2D eigenvalue weighted by atomic mass is 32.2. The Kier molecular flexibility index (Phi) is 5.78. The number of fused-ring (bicyclic) bond motifs is 2. The van der Waals surface area contributed by atoms with E-state index in [1.807, 2.05) is 19.1 Å². The molecule has 0 bridgehead atoms. The SMILES string of the molecule is Cc1ccc(S(=O)(=O)c2c(N)n(CCc3ccc(S(N)(=O)=O)cc3)c3nc4ccccc4nc23)cc1. The van der Waals surface area contributed by atoms with Gasteiger partial charge in [0, 0.05) is 6.54 Å². The number of sulfonamides is 1. The molecule has 0 radical (unpaired) electrons. The van der Waals surface area contributed by atoms with Gasteiger partial charge in [-0.3, -0.25) is 0 Å². The maximum atomic E-state index is 13.7. The molecule has 0 fully saturated rings. The topological polar surface area (TPSA) is 151 Å². The number of nitrogen functional groups attached to an aromatic ring is 1. The van der Waals surface area contributed by atoms with Gasteiger partial charge in [0.05, 0.1) is 20.8 Å². The van der Waals surface area contributed by atoms with Gasteiger partial charge in [-0.25, -0.2) is 31.9 Å². The minimum atomic E-state index is -3.99. The van der Waals surface area contributed by atoms with Crippen LogP contribution in [-0.4, -0.2) is 31.4 Å². The fraction of sp³-hybridized carbons (Fsp3) is 0.120. The molecule has 0 amide bonds. The first kappa shape index (κ1) is 23.9. The maximum Gasteiger partial charge on any atom is 0.238 e. The van der Waals surface area contributed by atoms with E-state index in [-0.39, 0.29) is 26.0 Å². The van der Waals surface area contributed by atoms with Crippen LogP contribution >= 0.6 is 0 Å². The second-order valence-electron chi connectivity index (χ2n) is 8.51. The molecule has 5 rings (SSSR count). The van der Waals surface area contributed by atoms with Crippen LogP contribution in [0.1, 0.15) is 11.1 Å². The fourth-order valence-electron chi connectivity index (χ4n) is 4.10. The zero-order valence-electron chi connectivity index (χ0n) is 19.3. The zero-order chi connectivity index (χ0) is 25.7. The van der Waals surface area contributed by atoms with E-state index in [1.54, 1.807) is 53.1 Å². The number of hydrogen-bond donors (Lipinski definition) is 2. The smallest absolute Gasteiger partial charge is 0.238 e. The van der Waals surface area contributed by atoms with Crippen molar-refractivity contribution in [3.63, 3.8) is 0 Å². The number of sulfone groups is 1. The molecule has 11 heteroatoms. The van der Waals surface area contributed by atoms with Crippen molar-refractivity contribution in [3.8, 4) is 0 Å². The summed E-state index contributed by atoms with van der Waals surface area (Å²) in [5.41, 5.74) is 9.97. The Bertz CT molecular complexity index is 1830. The molecule has 2 aromatic heterocycles. The maximum absolute atomic E-state index is 13.7. The van der Waals surface area contributed by atoms with Crippen LogP contribution in [0.25, 0.3) is 22.2 Å². The van der Waals surface area contributed by atoms with Crippen molar-refractivity contribution in [2.24, 2.45) is 5.14 Å². The fourth-order valence-corrected chi connectivity index (χ4v) is 6.13. The van der Waals surface area contributed by atoms with Crippen LogP contribution in [0.3, 0.4) is 0 Å². The first-order valence-electron chi connectivity index (χ1n) is 11.0. The summed E-state index contributed by atoms with van der Waals surface area (Å²) in [4.78, 5) is 9.39. The first-order chi connectivity index (χ1) is 17.1. The average Bonchev–Trinajstić information content (AvgIpc) is 3.11. The van der Waals surface area contributed by atoms with E-state index in [9.17, 15) is 16.8 Å². The van der Waals surface area contributed by atoms with Crippen LogP contribution < -0.4 is 10.9 Å². The molecule has 0 unspecified atom stereocenters. The molecule has 0 aliphatic rings. The summed E-state index contributed by atoms with van der Waals surface area (Å²) in [5.74, 6) is 0.0436. The summed E-state index contributed by atoms with van der Waals surface area (Å²) in [6.07, 6.45) is 0.442. The van der Waals surface area contributed by atoms with Crippen LogP contribution in [0.2, 0.25) is 0 Å². The Labute approximate surface area is 208 Å². The summed E-state index contributed by atoms with van der Waals surface area (Å²) < 4.78 is 52.1. The summed E-state index contributed by atoms with van der Waals surface area (Å²) in [6.45, 7) is 2.18. The molecule has 0 saturated carbocycles. The number of anilines is 1. The van der Waals surface area contributed by atoms with Crippen molar-refractivity contribution in [2.75, 3.05) is 5.73 Å². The molecule has 9 nitrogen and oxygen atoms in total. The van der Waals surface area contributed by atoms with E-state index in [1.165, 1.54) is 12.1 Å². The predicted molar refractivity (Wildman–Crippen MR) is 138 cm³/mol. The van der Waals surface area contributed by atoms with Gasteiger partial charge in [-0.05, 0) is 55.3 Å². The van der Waals surface area contributed by atoms with Gasteiger partial charge >= 0.3 is 0 Å². The first-order valence-corrected chi connectivity index (χ1v) is 14.1. The van der Waals surface area contributed by atoms with Gasteiger partial charge in [0.1, 0.15) is 16.2 Å². The lowest BCUT2D eigenvalue weighted by Crippen LogP contribution is -2.12. The van der Waals surface area contributed by atoms with E-state index in [2.05, 4.69) is 4.98 Å². The molecule has 5 aromatic rings. The number of aromatic nitrogens is 3. The van der Waals surface area contributed by atoms with E-state index in [0.29, 0.717) is 29.6 Å². The van der Waals surface area contributed by atoms with Crippen molar-refractivity contribution in [1.29, 1.82) is 0 Å². The summed E-state index contributed by atoms with van der Waals surface area (Å²) >= 11 is 0. The molecule has 0 atom stereocenters. The van der Waals surface area contributed by atoms with Crippen LogP contribution in [0.5, 0.6) is 0 Å². The number of benzene rings is 3. The van der Waals surface area contributed by atoms with Gasteiger partial charge in [-0.15, -0.1) is 0 Å². The quantitative estimate of drug-likeness (QED) is 0.348. The van der Waals surface area contributed by atoms with Gasteiger partial charge < -0.3 is 10.3 Å². The van der Waals surface area contributed by atoms with Gasteiger partial charge in [0.25, 0.3) is 0 Å². The summed E-state index contributed by atoms with van der Waals surface area (Å²) in [7, 11) is -7.79. The third kappa shape index (κ3) is 4.21. The Morgan fingerprint density at radius 3 is 2.00 bits per heavy atom. The Balaban J connectivity index is 1.65. The van der Waals surface area contributed by atoms with Gasteiger partial charge in [0.15, 0.2) is 5.65 Å². The largest absolute Gasteiger partial charge is 0.384 e. The molecule has 0 aliphatic heterocycles. The van der Waals surface area contributed by atoms with E-state index < -0.39 is 19.9 Å². The van der Waals surface area contributed by atoms with Gasteiger partial charge in [0.2, 0.25) is 19.9 Å². The van der Waals surface area contributed by atoms with Crippen LogP contribution in [-0.2, 0) is 32.8 Å². The Hall–Kier alpha value is -3.80. The number of hydrogen-bond acceptors (Lipinski definition) is 7. The number of rotatable bonds is 6. The minimum Gasteiger partial charge on any atom is -0.384 e. The molecule has 36 heavy (non-hydrogen) atoms. The molecule has 3 aromatic carbocycles. The lowest BCUT2D eigenvalue weighted by Gasteiger charge is -2.09. The third-order valence-corrected chi connectivity index (χ3v) is 8.78. The van der Waals surface area contributed by atoms with Gasteiger partial charge in [-0.1, -0.05) is 42.0 Å². The molecule has 4 N–H and O–H groups in total. The molecule has 0 spiro atoms. The molecule has 184 valence electrons. The number of nitrogens with two attached hydrogens (primary N) is 2.